The highest BCUT2D eigenvalue weighted by molar-refractivity contribution is 8.00. The number of amides is 1. The van der Waals surface area contributed by atoms with Gasteiger partial charge in [0.2, 0.25) is 5.91 Å². The van der Waals surface area contributed by atoms with Crippen LogP contribution in [0.2, 0.25) is 0 Å². The summed E-state index contributed by atoms with van der Waals surface area (Å²) in [6.45, 7) is 2.45. The third-order valence-corrected chi connectivity index (χ3v) is 6.83. The fourth-order valence-electron chi connectivity index (χ4n) is 3.94. The Bertz CT molecular complexity index is 635. The molecular formula is C17H24N4O2S. The molecule has 1 amide bonds. The van der Waals surface area contributed by atoms with Crippen molar-refractivity contribution in [3.8, 4) is 0 Å². The molecule has 0 radical (unpaired) electrons. The summed E-state index contributed by atoms with van der Waals surface area (Å²) < 4.78 is 7.79. The van der Waals surface area contributed by atoms with Crippen molar-refractivity contribution in [2.24, 2.45) is 0 Å². The van der Waals surface area contributed by atoms with E-state index in [0.717, 1.165) is 44.2 Å². The number of carbonyl (C=O) groups is 1. The van der Waals surface area contributed by atoms with Crippen LogP contribution in [0.25, 0.3) is 0 Å². The second-order valence-corrected chi connectivity index (χ2v) is 8.66. The molecule has 1 unspecified atom stereocenters. The number of aromatic nitrogens is 3. The van der Waals surface area contributed by atoms with Gasteiger partial charge < -0.3 is 14.2 Å². The number of hydrogen-bond donors (Lipinski definition) is 0. The van der Waals surface area contributed by atoms with Crippen molar-refractivity contribution in [1.82, 2.24) is 19.7 Å². The van der Waals surface area contributed by atoms with Gasteiger partial charge in [0.15, 0.2) is 5.16 Å². The van der Waals surface area contributed by atoms with Gasteiger partial charge in [0, 0.05) is 37.8 Å². The van der Waals surface area contributed by atoms with Crippen molar-refractivity contribution in [2.75, 3.05) is 19.8 Å². The molecule has 0 aromatic carbocycles. The van der Waals surface area contributed by atoms with Crippen LogP contribution in [0.3, 0.4) is 0 Å². The second-order valence-electron chi connectivity index (χ2n) is 7.49. The van der Waals surface area contributed by atoms with E-state index in [2.05, 4.69) is 19.7 Å². The summed E-state index contributed by atoms with van der Waals surface area (Å²) in [5, 5.41) is 9.92. The molecule has 130 valence electrons. The Kier molecular flexibility index (Phi) is 3.81. The van der Waals surface area contributed by atoms with Crippen molar-refractivity contribution in [2.45, 2.75) is 73.4 Å². The van der Waals surface area contributed by atoms with Gasteiger partial charge >= 0.3 is 0 Å². The standard InChI is InChI=1S/C17H24N4O2S/c22-16-14(5-8-20(16)12-6-9-23-10-7-12)24-17-19-18-15(11-1-2-11)21(17)13-3-4-13/h11-14H,1-10H2. The molecule has 0 N–H and O–H groups in total. The normalized spacial score (nSPS) is 28.8. The summed E-state index contributed by atoms with van der Waals surface area (Å²) in [5.41, 5.74) is 0. The van der Waals surface area contributed by atoms with Crippen LogP contribution in [0.4, 0.5) is 0 Å². The van der Waals surface area contributed by atoms with Crippen molar-refractivity contribution in [1.29, 1.82) is 0 Å². The van der Waals surface area contributed by atoms with Gasteiger partial charge in [0.05, 0.1) is 5.25 Å². The van der Waals surface area contributed by atoms with Crippen LogP contribution in [0, 0.1) is 0 Å². The highest BCUT2D eigenvalue weighted by Gasteiger charge is 2.40. The van der Waals surface area contributed by atoms with Gasteiger partial charge in [-0.25, -0.2) is 0 Å². The Morgan fingerprint density at radius 1 is 0.958 bits per heavy atom. The van der Waals surface area contributed by atoms with Crippen LogP contribution < -0.4 is 0 Å². The number of carbonyl (C=O) groups excluding carboxylic acids is 1. The van der Waals surface area contributed by atoms with Crippen molar-refractivity contribution in [3.05, 3.63) is 5.82 Å². The summed E-state index contributed by atoms with van der Waals surface area (Å²) in [7, 11) is 0. The van der Waals surface area contributed by atoms with E-state index in [-0.39, 0.29) is 5.25 Å². The first-order valence-corrected chi connectivity index (χ1v) is 10.2. The van der Waals surface area contributed by atoms with Gasteiger partial charge in [0.25, 0.3) is 0 Å². The number of hydrogen-bond acceptors (Lipinski definition) is 5. The van der Waals surface area contributed by atoms with E-state index in [1.807, 2.05) is 0 Å². The zero-order chi connectivity index (χ0) is 16.1. The van der Waals surface area contributed by atoms with Gasteiger partial charge in [-0.15, -0.1) is 10.2 Å². The molecule has 2 saturated carbocycles. The molecule has 2 aliphatic carbocycles. The summed E-state index contributed by atoms with van der Waals surface area (Å²) in [5.74, 6) is 2.09. The highest BCUT2D eigenvalue weighted by Crippen LogP contribution is 2.47. The molecule has 0 bridgehead atoms. The van der Waals surface area contributed by atoms with Gasteiger partial charge in [-0.3, -0.25) is 4.79 Å². The first-order valence-electron chi connectivity index (χ1n) is 9.31. The molecule has 1 aromatic heterocycles. The molecule has 1 aromatic rings. The number of ether oxygens (including phenoxy) is 1. The topological polar surface area (TPSA) is 60.2 Å². The van der Waals surface area contributed by atoms with Crippen LogP contribution in [0.5, 0.6) is 0 Å². The van der Waals surface area contributed by atoms with Gasteiger partial charge in [-0.1, -0.05) is 11.8 Å². The van der Waals surface area contributed by atoms with Crippen LogP contribution in [-0.2, 0) is 9.53 Å². The lowest BCUT2D eigenvalue weighted by atomic mass is 10.1. The monoisotopic (exact) mass is 348 g/mol. The largest absolute Gasteiger partial charge is 0.381 e. The fraction of sp³-hybridized carbons (Fsp3) is 0.824. The van der Waals surface area contributed by atoms with Gasteiger partial charge in [-0.2, -0.15) is 0 Å². The number of rotatable bonds is 5. The summed E-state index contributed by atoms with van der Waals surface area (Å²) in [6, 6.07) is 0.960. The minimum Gasteiger partial charge on any atom is -0.381 e. The zero-order valence-electron chi connectivity index (χ0n) is 13.9. The van der Waals surface area contributed by atoms with Crippen LogP contribution >= 0.6 is 11.8 Å². The Labute approximate surface area is 146 Å². The van der Waals surface area contributed by atoms with E-state index >= 15 is 0 Å². The molecule has 0 spiro atoms. The average Bonchev–Trinajstić information content (AvgIpc) is 3.54. The predicted molar refractivity (Wildman–Crippen MR) is 90.1 cm³/mol. The molecule has 2 saturated heterocycles. The maximum atomic E-state index is 12.9. The van der Waals surface area contributed by atoms with Crippen LogP contribution in [-0.4, -0.2) is 56.6 Å². The molecule has 4 aliphatic rings. The molecule has 1 atom stereocenters. The van der Waals surface area contributed by atoms with E-state index < -0.39 is 0 Å². The molecular weight excluding hydrogens is 324 g/mol. The van der Waals surface area contributed by atoms with Crippen molar-refractivity contribution < 1.29 is 9.53 Å². The first-order chi connectivity index (χ1) is 11.8. The van der Waals surface area contributed by atoms with Crippen LogP contribution in [0.15, 0.2) is 5.16 Å². The minimum atomic E-state index is 0.0154. The second kappa shape index (κ2) is 6.02. The molecule has 24 heavy (non-hydrogen) atoms. The van der Waals surface area contributed by atoms with Gasteiger partial charge in [-0.05, 0) is 44.9 Å². The molecule has 6 nitrogen and oxygen atoms in total. The maximum absolute atomic E-state index is 12.9. The van der Waals surface area contributed by atoms with E-state index in [4.69, 9.17) is 4.74 Å². The Balaban J connectivity index is 1.31. The molecule has 2 aliphatic heterocycles. The average molecular weight is 348 g/mol. The van der Waals surface area contributed by atoms with Crippen molar-refractivity contribution >= 4 is 17.7 Å². The van der Waals surface area contributed by atoms with E-state index in [1.165, 1.54) is 31.5 Å². The number of nitrogens with zero attached hydrogens (tertiary/aromatic N) is 4. The lowest BCUT2D eigenvalue weighted by molar-refractivity contribution is -0.130. The smallest absolute Gasteiger partial charge is 0.236 e. The predicted octanol–water partition coefficient (Wildman–Crippen LogP) is 2.36. The Morgan fingerprint density at radius 2 is 1.75 bits per heavy atom. The van der Waals surface area contributed by atoms with E-state index in [0.29, 0.717) is 23.9 Å². The van der Waals surface area contributed by atoms with Crippen LogP contribution in [0.1, 0.15) is 62.7 Å². The maximum Gasteiger partial charge on any atom is 0.236 e. The Hall–Kier alpha value is -1.08. The summed E-state index contributed by atoms with van der Waals surface area (Å²) >= 11 is 1.65. The molecule has 3 heterocycles. The summed E-state index contributed by atoms with van der Waals surface area (Å²) in [6.07, 6.45) is 7.85. The highest BCUT2D eigenvalue weighted by atomic mass is 32.2. The zero-order valence-corrected chi connectivity index (χ0v) is 14.7. The lowest BCUT2D eigenvalue weighted by Gasteiger charge is -2.31. The fourth-order valence-corrected chi connectivity index (χ4v) is 5.09. The Morgan fingerprint density at radius 3 is 2.46 bits per heavy atom. The summed E-state index contributed by atoms with van der Waals surface area (Å²) in [4.78, 5) is 15.0. The van der Waals surface area contributed by atoms with E-state index in [9.17, 15) is 4.79 Å². The first kappa shape index (κ1) is 15.2. The van der Waals surface area contributed by atoms with Crippen molar-refractivity contribution in [3.63, 3.8) is 0 Å². The molecule has 5 rings (SSSR count). The SMILES string of the molecule is O=C1C(Sc2nnc(C3CC3)n2C2CC2)CCN1C1CCOCC1. The third kappa shape index (κ3) is 2.75. The molecule has 7 heteroatoms. The number of likely N-dealkylation sites (tertiary alicyclic amines) is 1. The lowest BCUT2D eigenvalue weighted by Crippen LogP contribution is -2.41. The molecule has 4 fully saturated rings. The third-order valence-electron chi connectivity index (χ3n) is 5.62. The van der Waals surface area contributed by atoms with Gasteiger partial charge in [0.1, 0.15) is 5.82 Å². The number of thioether (sulfide) groups is 1. The minimum absolute atomic E-state index is 0.0154. The quantitative estimate of drug-likeness (QED) is 0.817. The van der Waals surface area contributed by atoms with E-state index in [1.54, 1.807) is 11.8 Å².